The summed E-state index contributed by atoms with van der Waals surface area (Å²) in [5.74, 6) is -5.75. The Morgan fingerprint density at radius 3 is 1.48 bits per heavy atom. The SMILES string of the molecule is CC1(C)CCC2(CC1)C[C@@H](C(=O)O)[C@H](c1ccnc(Cl)c1F)C21C(=O)Nc2cc(Cl)ccc21.CN(C)C(=O)C1CCC(CC(=O)[C@@H]2CC3(CCC(C)(C)CC3)[C@@]3(C(=O)Nc4cc(Cl)ccc43)[C@H]2c2ccnc(Cl)c2F)CC1.CN(C)C(=O)[C@@H]1CC[C@@H](N)CO1.Cl. The molecule has 5 saturated carbocycles. The van der Waals surface area contributed by atoms with Gasteiger partial charge in [0.15, 0.2) is 21.9 Å². The number of likely N-dealkylation sites (N-methyl/N-ethyl adjacent to an activating group) is 1. The Kier molecular flexibility index (Phi) is 20.3. The fraction of sp³-hybridized carbons (Fsp3) is 0.588. The second-order valence-electron chi connectivity index (χ2n) is 28.7. The van der Waals surface area contributed by atoms with Gasteiger partial charge in [0, 0.05) is 98.1 Å². The number of nitrogens with two attached hydrogens (primary N) is 1. The maximum Gasteiger partial charge on any atom is 0.307 e. The van der Waals surface area contributed by atoms with Crippen LogP contribution in [0.2, 0.25) is 20.4 Å². The lowest BCUT2D eigenvalue weighted by Crippen LogP contribution is -2.52. The van der Waals surface area contributed by atoms with Gasteiger partial charge in [0.2, 0.25) is 17.7 Å². The van der Waals surface area contributed by atoms with Gasteiger partial charge in [-0.25, -0.2) is 18.7 Å². The van der Waals surface area contributed by atoms with Gasteiger partial charge in [0.25, 0.3) is 5.91 Å². The van der Waals surface area contributed by atoms with Crippen molar-refractivity contribution in [3.63, 3.8) is 0 Å². The van der Waals surface area contributed by atoms with Gasteiger partial charge in [0.05, 0.1) is 23.4 Å². The van der Waals surface area contributed by atoms with E-state index in [0.29, 0.717) is 59.3 Å². The number of amides is 4. The number of ketones is 1. The second-order valence-corrected chi connectivity index (χ2v) is 30.3. The standard InChI is InChI=1S/C35H42Cl2FN3O3.C25H25Cl2FN2O3.C8H16N2O2.ClH/c1-33(2)12-14-34(15-13-33)19-24(27(42)17-20-5-7-21(8-6-20)31(43)41(3)4)28(23-11-16-39-30(37)29(23)38)35(34)25-10-9-22(36)18-26(25)40-32(35)44;1-23(2)6-8-24(9-7-23)12-15(21(31)32)18(14-5-10-29-20(27)19(14)28)25(24)16-4-3-13(26)11-17(16)30-22(25)33;1-10(2)8(11)7-4-3-6(9)5-12-7;/h9-11,16,18,20-21,24,28H,5-8,12-15,17,19H2,1-4H3,(H,40,44);3-5,10-11,15,18H,6-9,12H2,1-2H3,(H,30,33)(H,31,32);6-7H,3-5,9H2,1-2H3;1H/t20?,21?,24-,28-,35+;15-,18+,25?;6-,7+;/m011./s1. The molecule has 4 aromatic rings. The quantitative estimate of drug-likeness (QED) is 0.122. The highest BCUT2D eigenvalue weighted by Gasteiger charge is 2.74. The molecule has 2 aromatic carbocycles. The summed E-state index contributed by atoms with van der Waals surface area (Å²) in [5, 5.41) is 16.8. The Morgan fingerprint density at radius 2 is 1.07 bits per heavy atom. The highest BCUT2D eigenvalue weighted by atomic mass is 35.5. The smallest absolute Gasteiger partial charge is 0.307 e. The molecule has 1 unspecified atom stereocenters. The zero-order valence-electron chi connectivity index (χ0n) is 52.5. The number of carbonyl (C=O) groups is 6. The van der Waals surface area contributed by atoms with Gasteiger partial charge in [0.1, 0.15) is 11.9 Å². The second kappa shape index (κ2) is 26.4. The van der Waals surface area contributed by atoms with Gasteiger partial charge in [-0.05, 0) is 189 Å². The fourth-order valence-electron chi connectivity index (χ4n) is 17.4. The van der Waals surface area contributed by atoms with Crippen LogP contribution < -0.4 is 16.4 Å². The first-order valence-electron chi connectivity index (χ1n) is 31.3. The lowest BCUT2D eigenvalue weighted by Gasteiger charge is -2.51. The Morgan fingerprint density at radius 1 is 0.633 bits per heavy atom. The molecule has 5 heterocycles. The number of benzene rings is 2. The van der Waals surface area contributed by atoms with Crippen molar-refractivity contribution in [2.45, 2.75) is 172 Å². The van der Waals surface area contributed by atoms with E-state index in [1.54, 1.807) is 74.4 Å². The normalized spacial score (nSPS) is 29.5. The van der Waals surface area contributed by atoms with Crippen molar-refractivity contribution in [1.29, 1.82) is 0 Å². The molecule has 5 N–H and O–H groups in total. The molecular formula is C68H84Cl5F2N7O8. The van der Waals surface area contributed by atoms with Crippen molar-refractivity contribution in [3.05, 3.63) is 115 Å². The van der Waals surface area contributed by atoms with Crippen LogP contribution in [0.1, 0.15) is 171 Å². The van der Waals surface area contributed by atoms with E-state index in [1.807, 2.05) is 6.07 Å². The van der Waals surface area contributed by atoms with Crippen molar-refractivity contribution < 1.29 is 47.4 Å². The summed E-state index contributed by atoms with van der Waals surface area (Å²) in [6, 6.07) is 13.8. The average Bonchev–Trinajstić information content (AvgIpc) is 1.51. The molecule has 0 bridgehead atoms. The van der Waals surface area contributed by atoms with Gasteiger partial charge >= 0.3 is 5.97 Å². The van der Waals surface area contributed by atoms with Crippen LogP contribution in [-0.2, 0) is 44.3 Å². The number of fused-ring (bicyclic) bond motifs is 6. The Labute approximate surface area is 552 Å². The molecule has 3 aliphatic heterocycles. The highest BCUT2D eigenvalue weighted by molar-refractivity contribution is 6.32. The molecule has 4 amide bonds. The van der Waals surface area contributed by atoms with Crippen LogP contribution in [0.3, 0.4) is 0 Å². The zero-order valence-corrected chi connectivity index (χ0v) is 56.3. The molecule has 22 heteroatoms. The first-order valence-corrected chi connectivity index (χ1v) is 32.8. The zero-order chi connectivity index (χ0) is 64.5. The summed E-state index contributed by atoms with van der Waals surface area (Å²) in [7, 11) is 7.04. The first kappa shape index (κ1) is 69.3. The minimum Gasteiger partial charge on any atom is -0.481 e. The summed E-state index contributed by atoms with van der Waals surface area (Å²) in [5.41, 5.74) is 5.31. The fourth-order valence-corrected chi connectivity index (χ4v) is 18.1. The van der Waals surface area contributed by atoms with E-state index in [0.717, 1.165) is 82.6 Å². The summed E-state index contributed by atoms with van der Waals surface area (Å²) in [6.45, 7) is 9.40. The molecule has 12 rings (SSSR count). The van der Waals surface area contributed by atoms with Crippen molar-refractivity contribution in [2.24, 2.45) is 51.1 Å². The van der Waals surface area contributed by atoms with E-state index in [4.69, 9.17) is 56.9 Å². The van der Waals surface area contributed by atoms with Crippen LogP contribution in [0.4, 0.5) is 20.2 Å². The predicted molar refractivity (Wildman–Crippen MR) is 347 cm³/mol. The van der Waals surface area contributed by atoms with Crippen LogP contribution in [0.5, 0.6) is 0 Å². The number of nitrogens with zero attached hydrogens (tertiary/aromatic N) is 4. The number of nitrogens with one attached hydrogen (secondary N) is 2. The molecule has 5 aliphatic carbocycles. The number of hydrogen-bond acceptors (Lipinski definition) is 10. The molecule has 8 aliphatic rings. The van der Waals surface area contributed by atoms with Crippen LogP contribution >= 0.6 is 58.8 Å². The average molecular weight is 1340 g/mol. The van der Waals surface area contributed by atoms with E-state index in [-0.39, 0.29) is 104 Å². The maximum absolute atomic E-state index is 16.1. The summed E-state index contributed by atoms with van der Waals surface area (Å²) in [4.78, 5) is 90.8. The molecular weight excluding hydrogens is 1260 g/mol. The molecule has 15 nitrogen and oxygen atoms in total. The molecule has 1 saturated heterocycles. The lowest BCUT2D eigenvalue weighted by molar-refractivity contribution is -0.144. The number of carboxylic acids is 1. The number of carboxylic acid groups (broad SMARTS) is 1. The largest absolute Gasteiger partial charge is 0.481 e. The summed E-state index contributed by atoms with van der Waals surface area (Å²) >= 11 is 24.9. The number of hydrogen-bond donors (Lipinski definition) is 4. The first-order chi connectivity index (χ1) is 41.9. The number of anilines is 2. The third kappa shape index (κ3) is 12.3. The number of pyridine rings is 2. The van der Waals surface area contributed by atoms with Crippen LogP contribution in [-0.4, -0.2) is 107 Å². The molecule has 488 valence electrons. The number of halogens is 7. The third-order valence-electron chi connectivity index (χ3n) is 22.1. The maximum atomic E-state index is 16.1. The van der Waals surface area contributed by atoms with Gasteiger partial charge in [-0.3, -0.25) is 28.8 Å². The highest BCUT2D eigenvalue weighted by Crippen LogP contribution is 2.74. The van der Waals surface area contributed by atoms with Crippen molar-refractivity contribution in [1.82, 2.24) is 19.8 Å². The van der Waals surface area contributed by atoms with Crippen LogP contribution in [0.15, 0.2) is 60.9 Å². The van der Waals surface area contributed by atoms with Gasteiger partial charge in [-0.15, -0.1) is 12.4 Å². The summed E-state index contributed by atoms with van der Waals surface area (Å²) < 4.78 is 36.9. The van der Waals surface area contributed by atoms with Gasteiger partial charge in [-0.1, -0.05) is 86.2 Å². The van der Waals surface area contributed by atoms with Gasteiger partial charge < -0.3 is 36.0 Å². The number of carbonyl (C=O) groups excluding carboxylic acids is 5. The Hall–Kier alpha value is -5.01. The number of aliphatic carboxylic acids is 1. The predicted octanol–water partition coefficient (Wildman–Crippen LogP) is 14.2. The Bertz CT molecular complexity index is 3430. The van der Waals surface area contributed by atoms with Crippen molar-refractivity contribution in [2.75, 3.05) is 45.4 Å². The lowest BCUT2D eigenvalue weighted by atomic mass is 9.51. The third-order valence-corrected chi connectivity index (χ3v) is 23.1. The number of rotatable bonds is 8. The molecule has 90 heavy (non-hydrogen) atoms. The molecule has 6 fully saturated rings. The van der Waals surface area contributed by atoms with E-state index in [1.165, 1.54) is 18.5 Å². The van der Waals surface area contributed by atoms with Crippen molar-refractivity contribution in [3.8, 4) is 0 Å². The number of ether oxygens (including phenoxy) is 1. The molecule has 0 radical (unpaired) electrons. The van der Waals surface area contributed by atoms with E-state index >= 15 is 8.78 Å². The monoisotopic (exact) mass is 1340 g/mol. The topological polar surface area (TPSA) is 214 Å². The van der Waals surface area contributed by atoms with Gasteiger partial charge in [-0.2, -0.15) is 0 Å². The molecule has 2 aromatic heterocycles. The van der Waals surface area contributed by atoms with Crippen molar-refractivity contribution >= 4 is 106 Å². The van der Waals surface area contributed by atoms with E-state index in [9.17, 15) is 33.9 Å². The van der Waals surface area contributed by atoms with E-state index < -0.39 is 62.9 Å². The minimum absolute atomic E-state index is 0. The number of aromatic nitrogens is 2. The molecule has 4 spiro atoms. The summed E-state index contributed by atoms with van der Waals surface area (Å²) in [6.07, 6.45) is 14.9. The van der Waals surface area contributed by atoms with Crippen LogP contribution in [0.25, 0.3) is 0 Å². The molecule has 8 atom stereocenters. The van der Waals surface area contributed by atoms with Crippen LogP contribution in [0, 0.1) is 57.0 Å². The number of Topliss-reactive ketones (excluding diaryl/α,β-unsaturated/α-hetero) is 1. The Balaban J connectivity index is 0.000000183. The van der Waals surface area contributed by atoms with E-state index in [2.05, 4.69) is 48.3 Å². The minimum atomic E-state index is -1.25.